The quantitative estimate of drug-likeness (QED) is 0.440. The van der Waals surface area contributed by atoms with E-state index in [-0.39, 0.29) is 56.2 Å². The second-order valence-electron chi connectivity index (χ2n) is 10.5. The Bertz CT molecular complexity index is 1910. The van der Waals surface area contributed by atoms with Gasteiger partial charge in [-0.25, -0.2) is 9.18 Å². The van der Waals surface area contributed by atoms with Gasteiger partial charge in [-0.05, 0) is 24.1 Å². The first kappa shape index (κ1) is 28.0. The monoisotopic (exact) mass is 615 g/mol. The van der Waals surface area contributed by atoms with E-state index < -0.39 is 46.1 Å². The lowest BCUT2D eigenvalue weighted by Crippen LogP contribution is -2.58. The van der Waals surface area contributed by atoms with Crippen LogP contribution in [0.15, 0.2) is 45.1 Å². The van der Waals surface area contributed by atoms with Gasteiger partial charge < -0.3 is 19.5 Å². The SMILES string of the molecule is COc1cc(OC)c2c(c1Cl)OC1(C(=O)C3=C(CC1C)Nc1c(c(=O)n(C)c(=O)n1C)C3c1ccc(F)c(Cl)c1)C2=O. The highest BCUT2D eigenvalue weighted by Crippen LogP contribution is 2.56. The number of ether oxygens (including phenoxy) is 3. The van der Waals surface area contributed by atoms with Crippen molar-refractivity contribution >= 4 is 40.6 Å². The van der Waals surface area contributed by atoms with Gasteiger partial charge in [0.2, 0.25) is 17.2 Å². The molecule has 3 aliphatic rings. The lowest BCUT2D eigenvalue weighted by molar-refractivity contribution is -0.130. The third-order valence-electron chi connectivity index (χ3n) is 8.35. The van der Waals surface area contributed by atoms with Crippen molar-refractivity contribution in [2.45, 2.75) is 24.9 Å². The van der Waals surface area contributed by atoms with E-state index in [0.717, 1.165) is 10.6 Å². The minimum absolute atomic E-state index is 0.00333. The van der Waals surface area contributed by atoms with Crippen LogP contribution in [0.1, 0.15) is 40.7 Å². The molecule has 2 aliphatic heterocycles. The molecule has 0 fully saturated rings. The number of carbonyl (C=O) groups is 2. The molecule has 0 saturated carbocycles. The highest BCUT2D eigenvalue weighted by Gasteiger charge is 2.63. The standard InChI is InChI=1S/C29H24Cl2FN3O7/c1-11-8-15-19(24(36)29(11)25(37)20-16(40-4)10-17(41-5)22(31)23(20)42-29)18(12-6-7-14(32)13(30)9-12)21-26(33-15)34(2)28(39)35(3)27(21)38/h6-7,9-11,18,33H,8H2,1-5H3. The topological polar surface area (TPSA) is 118 Å². The smallest absolute Gasteiger partial charge is 0.332 e. The summed E-state index contributed by atoms with van der Waals surface area (Å²) in [6, 6.07) is 5.30. The number of hydrogen-bond donors (Lipinski definition) is 1. The highest BCUT2D eigenvalue weighted by molar-refractivity contribution is 6.36. The van der Waals surface area contributed by atoms with Gasteiger partial charge in [-0.15, -0.1) is 0 Å². The third kappa shape index (κ3) is 3.49. The van der Waals surface area contributed by atoms with Crippen molar-refractivity contribution in [3.8, 4) is 17.2 Å². The molecule has 42 heavy (non-hydrogen) atoms. The maximum absolute atomic E-state index is 14.8. The van der Waals surface area contributed by atoms with Crippen molar-refractivity contribution in [3.63, 3.8) is 0 Å². The number of benzene rings is 2. The van der Waals surface area contributed by atoms with Crippen molar-refractivity contribution in [1.82, 2.24) is 9.13 Å². The van der Waals surface area contributed by atoms with Gasteiger partial charge in [-0.2, -0.15) is 0 Å². The number of nitrogens with one attached hydrogen (secondary N) is 1. The number of Topliss-reactive ketones (excluding diaryl/α,β-unsaturated/α-hetero) is 2. The molecule has 1 aliphatic carbocycles. The van der Waals surface area contributed by atoms with Gasteiger partial charge in [0.05, 0.1) is 24.8 Å². The van der Waals surface area contributed by atoms with E-state index in [2.05, 4.69) is 5.32 Å². The molecule has 1 aromatic heterocycles. The minimum Gasteiger partial charge on any atom is -0.496 e. The molecule has 0 amide bonds. The lowest BCUT2D eigenvalue weighted by atomic mass is 9.66. The van der Waals surface area contributed by atoms with Crippen LogP contribution in [-0.2, 0) is 18.9 Å². The van der Waals surface area contributed by atoms with E-state index in [9.17, 15) is 23.6 Å². The van der Waals surface area contributed by atoms with Crippen LogP contribution in [0.4, 0.5) is 10.2 Å². The summed E-state index contributed by atoms with van der Waals surface area (Å²) in [6.07, 6.45) is 0.117. The van der Waals surface area contributed by atoms with Crippen molar-refractivity contribution in [2.75, 3.05) is 19.5 Å². The summed E-state index contributed by atoms with van der Waals surface area (Å²) in [6.45, 7) is 1.69. The number of nitrogens with zero attached hydrogens (tertiary/aromatic N) is 2. The number of hydrogen-bond acceptors (Lipinski definition) is 8. The molecule has 1 N–H and O–H groups in total. The molecule has 0 radical (unpaired) electrons. The van der Waals surface area contributed by atoms with E-state index in [0.29, 0.717) is 11.3 Å². The first-order chi connectivity index (χ1) is 19.9. The molecule has 3 aromatic rings. The Labute approximate surface area is 248 Å². The first-order valence-corrected chi connectivity index (χ1v) is 13.6. The van der Waals surface area contributed by atoms with Crippen molar-refractivity contribution in [1.29, 1.82) is 0 Å². The van der Waals surface area contributed by atoms with Crippen LogP contribution in [0.2, 0.25) is 10.0 Å². The number of halogens is 3. The van der Waals surface area contributed by atoms with Crippen LogP contribution >= 0.6 is 23.2 Å². The molecule has 3 atom stereocenters. The molecule has 13 heteroatoms. The maximum Gasteiger partial charge on any atom is 0.332 e. The third-order valence-corrected chi connectivity index (χ3v) is 9.00. The summed E-state index contributed by atoms with van der Waals surface area (Å²) in [5.74, 6) is -3.49. The highest BCUT2D eigenvalue weighted by atomic mass is 35.5. The Morgan fingerprint density at radius 3 is 2.36 bits per heavy atom. The Balaban J connectivity index is 1.63. The summed E-state index contributed by atoms with van der Waals surface area (Å²) in [5, 5.41) is 2.89. The summed E-state index contributed by atoms with van der Waals surface area (Å²) < 4.78 is 33.5. The van der Waals surface area contributed by atoms with Gasteiger partial charge in [-0.1, -0.05) is 36.2 Å². The Kier molecular flexibility index (Phi) is 6.32. The van der Waals surface area contributed by atoms with Crippen LogP contribution in [-0.4, -0.2) is 40.5 Å². The van der Waals surface area contributed by atoms with Gasteiger partial charge in [0.15, 0.2) is 5.75 Å². The number of rotatable bonds is 3. The van der Waals surface area contributed by atoms with E-state index in [1.807, 2.05) is 0 Å². The fraction of sp³-hybridized carbons (Fsp3) is 0.310. The minimum atomic E-state index is -2.06. The maximum atomic E-state index is 14.8. The van der Waals surface area contributed by atoms with Gasteiger partial charge in [-0.3, -0.25) is 23.5 Å². The normalized spacial score (nSPS) is 22.4. The first-order valence-electron chi connectivity index (χ1n) is 12.9. The molecule has 3 heterocycles. The van der Waals surface area contributed by atoms with Crippen LogP contribution < -0.4 is 30.8 Å². The van der Waals surface area contributed by atoms with E-state index in [4.69, 9.17) is 37.4 Å². The van der Waals surface area contributed by atoms with Gasteiger partial charge >= 0.3 is 5.69 Å². The number of allylic oxidation sites excluding steroid dienone is 1. The molecule has 0 saturated heterocycles. The summed E-state index contributed by atoms with van der Waals surface area (Å²) in [7, 11) is 5.57. The number of ketones is 2. The number of anilines is 1. The van der Waals surface area contributed by atoms with Crippen molar-refractivity contribution in [3.05, 3.63) is 88.9 Å². The summed E-state index contributed by atoms with van der Waals surface area (Å²) in [5.41, 5.74) is -2.50. The molecular weight excluding hydrogens is 592 g/mol. The van der Waals surface area contributed by atoms with Crippen LogP contribution in [0.5, 0.6) is 17.2 Å². The molecule has 3 unspecified atom stereocenters. The second-order valence-corrected chi connectivity index (χ2v) is 11.3. The number of methoxy groups -OCH3 is 2. The van der Waals surface area contributed by atoms with E-state index >= 15 is 0 Å². The second kappa shape index (κ2) is 9.47. The zero-order valence-electron chi connectivity index (χ0n) is 23.1. The van der Waals surface area contributed by atoms with Gasteiger partial charge in [0, 0.05) is 43.3 Å². The fourth-order valence-corrected chi connectivity index (χ4v) is 6.67. The predicted octanol–water partition coefficient (Wildman–Crippen LogP) is 3.98. The van der Waals surface area contributed by atoms with E-state index in [1.165, 1.54) is 51.1 Å². The molecule has 1 spiro atoms. The number of carbonyl (C=O) groups excluding carboxylic acids is 2. The van der Waals surface area contributed by atoms with Crippen LogP contribution in [0, 0.1) is 11.7 Å². The number of aromatic nitrogens is 2. The van der Waals surface area contributed by atoms with Gasteiger partial charge in [0.25, 0.3) is 5.56 Å². The average molecular weight is 616 g/mol. The van der Waals surface area contributed by atoms with Crippen molar-refractivity contribution in [2.24, 2.45) is 20.0 Å². The largest absolute Gasteiger partial charge is 0.496 e. The number of fused-ring (bicyclic) bond motifs is 2. The van der Waals surface area contributed by atoms with Crippen LogP contribution in [0.25, 0.3) is 0 Å². The Morgan fingerprint density at radius 2 is 1.71 bits per heavy atom. The molecule has 218 valence electrons. The summed E-state index contributed by atoms with van der Waals surface area (Å²) in [4.78, 5) is 55.5. The van der Waals surface area contributed by atoms with Crippen molar-refractivity contribution < 1.29 is 28.2 Å². The molecule has 2 aromatic carbocycles. The average Bonchev–Trinajstić information content (AvgIpc) is 3.29. The summed E-state index contributed by atoms with van der Waals surface area (Å²) >= 11 is 12.7. The lowest BCUT2D eigenvalue weighted by Gasteiger charge is -2.42. The predicted molar refractivity (Wildman–Crippen MR) is 152 cm³/mol. The molecular formula is C29H24Cl2FN3O7. The zero-order valence-corrected chi connectivity index (χ0v) is 24.6. The fourth-order valence-electron chi connectivity index (χ4n) is 6.21. The molecule has 6 rings (SSSR count). The molecule has 0 bridgehead atoms. The van der Waals surface area contributed by atoms with Crippen LogP contribution in [0.3, 0.4) is 0 Å². The zero-order chi connectivity index (χ0) is 30.4. The Hall–Kier alpha value is -4.09. The molecule has 10 nitrogen and oxygen atoms in total. The van der Waals surface area contributed by atoms with Gasteiger partial charge in [0.1, 0.15) is 33.7 Å². The Morgan fingerprint density at radius 1 is 1.02 bits per heavy atom. The van der Waals surface area contributed by atoms with E-state index in [1.54, 1.807) is 6.92 Å².